The molecule has 2 aromatic rings. The zero-order valence-corrected chi connectivity index (χ0v) is 15.4. The lowest BCUT2D eigenvalue weighted by molar-refractivity contribution is 0.322. The van der Waals surface area contributed by atoms with E-state index < -0.39 is 0 Å². The van der Waals surface area contributed by atoms with Crippen molar-refractivity contribution in [1.29, 1.82) is 0 Å². The third-order valence-corrected chi connectivity index (χ3v) is 4.90. The van der Waals surface area contributed by atoms with Crippen molar-refractivity contribution in [3.8, 4) is 11.5 Å². The largest absolute Gasteiger partial charge is 0.493 e. The van der Waals surface area contributed by atoms with Crippen LogP contribution in [0.4, 0.5) is 0 Å². The molecule has 1 aromatic carbocycles. The van der Waals surface area contributed by atoms with Crippen LogP contribution in [0.3, 0.4) is 0 Å². The number of rotatable bonds is 7. The molecule has 1 fully saturated rings. The van der Waals surface area contributed by atoms with E-state index in [1.165, 1.54) is 11.1 Å². The Morgan fingerprint density at radius 1 is 1.32 bits per heavy atom. The van der Waals surface area contributed by atoms with Gasteiger partial charge in [0.05, 0.1) is 26.5 Å². The average Bonchev–Trinajstić information content (AvgIpc) is 3.21. The maximum Gasteiger partial charge on any atom is 0.164 e. The van der Waals surface area contributed by atoms with Crippen molar-refractivity contribution in [2.45, 2.75) is 32.4 Å². The zero-order valence-electron chi connectivity index (χ0n) is 15.4. The highest BCUT2D eigenvalue weighted by Crippen LogP contribution is 2.39. The van der Waals surface area contributed by atoms with E-state index in [4.69, 9.17) is 9.47 Å². The summed E-state index contributed by atoms with van der Waals surface area (Å²) in [5, 5.41) is 4.55. The Balaban J connectivity index is 1.71. The smallest absolute Gasteiger partial charge is 0.164 e. The van der Waals surface area contributed by atoms with Gasteiger partial charge < -0.3 is 9.47 Å². The van der Waals surface area contributed by atoms with Crippen molar-refractivity contribution in [3.05, 3.63) is 53.9 Å². The van der Waals surface area contributed by atoms with E-state index in [9.17, 15) is 0 Å². The van der Waals surface area contributed by atoms with Gasteiger partial charge in [0.1, 0.15) is 0 Å². The number of aromatic nitrogens is 2. The maximum absolute atomic E-state index is 5.62. The maximum atomic E-state index is 5.62. The third kappa shape index (κ3) is 3.71. The molecule has 0 unspecified atom stereocenters. The van der Waals surface area contributed by atoms with Gasteiger partial charge in [-0.15, -0.1) is 6.58 Å². The fraction of sp³-hybridized carbons (Fsp3) is 0.450. The van der Waals surface area contributed by atoms with Crippen molar-refractivity contribution in [1.82, 2.24) is 14.7 Å². The van der Waals surface area contributed by atoms with Gasteiger partial charge in [-0.2, -0.15) is 5.10 Å². The van der Waals surface area contributed by atoms with Crippen molar-refractivity contribution in [2.24, 2.45) is 0 Å². The van der Waals surface area contributed by atoms with Crippen LogP contribution in [0.5, 0.6) is 11.5 Å². The van der Waals surface area contributed by atoms with Crippen LogP contribution in [0.15, 0.2) is 37.1 Å². The third-order valence-electron chi connectivity index (χ3n) is 4.90. The molecule has 5 nitrogen and oxygen atoms in total. The van der Waals surface area contributed by atoms with E-state index in [1.807, 2.05) is 22.9 Å². The van der Waals surface area contributed by atoms with Crippen LogP contribution in [-0.2, 0) is 13.1 Å². The molecule has 5 heteroatoms. The predicted octanol–water partition coefficient (Wildman–Crippen LogP) is 3.38. The molecule has 0 amide bonds. The number of hydrogen-bond acceptors (Lipinski definition) is 4. The Bertz CT molecular complexity index is 739. The molecular formula is C20H27N3O2. The van der Waals surface area contributed by atoms with Gasteiger partial charge in [0.25, 0.3) is 0 Å². The van der Waals surface area contributed by atoms with Crippen LogP contribution in [0.25, 0.3) is 0 Å². The second kappa shape index (κ2) is 7.74. The van der Waals surface area contributed by atoms with Gasteiger partial charge in [-0.1, -0.05) is 18.2 Å². The van der Waals surface area contributed by atoms with Crippen LogP contribution in [0.1, 0.15) is 29.2 Å². The van der Waals surface area contributed by atoms with Crippen molar-refractivity contribution in [2.75, 3.05) is 27.3 Å². The highest BCUT2D eigenvalue weighted by atomic mass is 16.5. The Morgan fingerprint density at radius 2 is 2.16 bits per heavy atom. The molecule has 0 aliphatic carbocycles. The van der Waals surface area contributed by atoms with E-state index >= 15 is 0 Å². The van der Waals surface area contributed by atoms with Gasteiger partial charge in [0.15, 0.2) is 11.5 Å². The highest BCUT2D eigenvalue weighted by molar-refractivity contribution is 5.48. The quantitative estimate of drug-likeness (QED) is 0.724. The molecule has 1 aliphatic rings. The fourth-order valence-electron chi connectivity index (χ4n) is 3.64. The van der Waals surface area contributed by atoms with Gasteiger partial charge in [-0.05, 0) is 26.0 Å². The number of methoxy groups -OCH3 is 2. The summed E-state index contributed by atoms with van der Waals surface area (Å²) >= 11 is 0. The van der Waals surface area contributed by atoms with E-state index in [1.54, 1.807) is 14.2 Å². The number of nitrogens with zero attached hydrogens (tertiary/aromatic N) is 3. The topological polar surface area (TPSA) is 39.5 Å². The number of para-hydroxylation sites is 1. The highest BCUT2D eigenvalue weighted by Gasteiger charge is 2.27. The first-order valence-electron chi connectivity index (χ1n) is 8.73. The molecule has 2 heterocycles. The molecule has 3 rings (SSSR count). The molecule has 0 spiro atoms. The summed E-state index contributed by atoms with van der Waals surface area (Å²) in [6.07, 6.45) is 5.14. The number of aryl methyl sites for hydroxylation is 1. The zero-order chi connectivity index (χ0) is 17.8. The lowest BCUT2D eigenvalue weighted by atomic mass is 9.97. The predicted molar refractivity (Wildman–Crippen MR) is 99.3 cm³/mol. The lowest BCUT2D eigenvalue weighted by Crippen LogP contribution is -2.20. The van der Waals surface area contributed by atoms with Gasteiger partial charge in [-0.25, -0.2) is 0 Å². The molecule has 25 heavy (non-hydrogen) atoms. The van der Waals surface area contributed by atoms with Gasteiger partial charge >= 0.3 is 0 Å². The fourth-order valence-corrected chi connectivity index (χ4v) is 3.64. The van der Waals surface area contributed by atoms with E-state index in [0.717, 1.165) is 49.8 Å². The molecule has 0 N–H and O–H groups in total. The molecule has 0 radical (unpaired) electrons. The summed E-state index contributed by atoms with van der Waals surface area (Å²) in [5.41, 5.74) is 3.63. The number of benzene rings is 1. The van der Waals surface area contributed by atoms with E-state index in [2.05, 4.69) is 35.8 Å². The molecule has 0 bridgehead atoms. The monoisotopic (exact) mass is 341 g/mol. The molecular weight excluding hydrogens is 314 g/mol. The molecule has 1 atom stereocenters. The van der Waals surface area contributed by atoms with Crippen LogP contribution in [-0.4, -0.2) is 42.0 Å². The minimum atomic E-state index is 0.466. The summed E-state index contributed by atoms with van der Waals surface area (Å²) < 4.78 is 13.0. The van der Waals surface area contributed by atoms with Crippen LogP contribution in [0, 0.1) is 6.92 Å². The summed E-state index contributed by atoms with van der Waals surface area (Å²) in [6, 6.07) is 6.15. The Morgan fingerprint density at radius 3 is 2.88 bits per heavy atom. The minimum absolute atomic E-state index is 0.466. The second-order valence-corrected chi connectivity index (χ2v) is 6.55. The Kier molecular flexibility index (Phi) is 5.43. The average molecular weight is 341 g/mol. The molecule has 1 saturated heterocycles. The number of likely N-dealkylation sites (tertiary alicyclic amines) is 1. The van der Waals surface area contributed by atoms with Crippen LogP contribution in [0.2, 0.25) is 0 Å². The minimum Gasteiger partial charge on any atom is -0.493 e. The summed E-state index contributed by atoms with van der Waals surface area (Å²) in [4.78, 5) is 2.49. The Hall–Kier alpha value is -2.27. The molecule has 1 aromatic heterocycles. The van der Waals surface area contributed by atoms with E-state index in [0.29, 0.717) is 5.92 Å². The normalized spacial score (nSPS) is 17.6. The van der Waals surface area contributed by atoms with E-state index in [-0.39, 0.29) is 0 Å². The van der Waals surface area contributed by atoms with Crippen molar-refractivity contribution >= 4 is 0 Å². The van der Waals surface area contributed by atoms with Crippen molar-refractivity contribution in [3.63, 3.8) is 0 Å². The summed E-state index contributed by atoms with van der Waals surface area (Å²) in [6.45, 7) is 9.65. The summed E-state index contributed by atoms with van der Waals surface area (Å²) in [5.74, 6) is 2.14. The standard InChI is InChI=1S/C20H27N3O2/c1-5-10-23-14-17(15(2)21-23)13-22-11-9-16(12-22)18-7-6-8-19(24-3)20(18)25-4/h5-8,14,16H,1,9-13H2,2-4H3/t16-/m0/s1. The van der Waals surface area contributed by atoms with Gasteiger partial charge in [0.2, 0.25) is 0 Å². The molecule has 1 aliphatic heterocycles. The Labute approximate surface area is 149 Å². The van der Waals surface area contributed by atoms with Crippen LogP contribution < -0.4 is 9.47 Å². The number of hydrogen-bond donors (Lipinski definition) is 0. The molecule has 0 saturated carbocycles. The first-order valence-corrected chi connectivity index (χ1v) is 8.73. The first kappa shape index (κ1) is 17.5. The number of allylic oxidation sites excluding steroid dienone is 1. The van der Waals surface area contributed by atoms with Crippen LogP contribution >= 0.6 is 0 Å². The second-order valence-electron chi connectivity index (χ2n) is 6.55. The van der Waals surface area contributed by atoms with Gasteiger partial charge in [-0.3, -0.25) is 9.58 Å². The van der Waals surface area contributed by atoms with Gasteiger partial charge in [0, 0.05) is 36.3 Å². The van der Waals surface area contributed by atoms with Crippen molar-refractivity contribution < 1.29 is 9.47 Å². The lowest BCUT2D eigenvalue weighted by Gasteiger charge is -2.18. The molecule has 134 valence electrons. The number of ether oxygens (including phenoxy) is 2. The first-order chi connectivity index (χ1) is 12.2. The summed E-state index contributed by atoms with van der Waals surface area (Å²) in [7, 11) is 3.40. The SMILES string of the molecule is C=CCn1cc(CN2CC[C@H](c3cccc(OC)c3OC)C2)c(C)n1.